The van der Waals surface area contributed by atoms with Crippen molar-refractivity contribution in [3.63, 3.8) is 0 Å². The zero-order chi connectivity index (χ0) is 14.8. The number of nitrogens with one attached hydrogen (secondary N) is 1. The molecule has 21 heavy (non-hydrogen) atoms. The predicted molar refractivity (Wildman–Crippen MR) is 87.5 cm³/mol. The molecule has 1 aromatic carbocycles. The molecule has 3 nitrogen and oxygen atoms in total. The van der Waals surface area contributed by atoms with Crippen LogP contribution in [0.15, 0.2) is 53.2 Å². The van der Waals surface area contributed by atoms with Crippen LogP contribution in [0.3, 0.4) is 0 Å². The number of carbonyl (C=O) groups is 1. The van der Waals surface area contributed by atoms with E-state index >= 15 is 0 Å². The lowest BCUT2D eigenvalue weighted by molar-refractivity contribution is 0.102. The van der Waals surface area contributed by atoms with Gasteiger partial charge < -0.3 is 9.88 Å². The number of hydrogen-bond donors (Lipinski definition) is 1. The third kappa shape index (κ3) is 2.76. The molecule has 1 amide bonds. The second-order valence-electron chi connectivity index (χ2n) is 4.96. The van der Waals surface area contributed by atoms with Crippen molar-refractivity contribution in [1.82, 2.24) is 4.57 Å². The highest BCUT2D eigenvalue weighted by Gasteiger charge is 2.07. The molecular weight excluding hydrogens is 280 g/mol. The minimum Gasteiger partial charge on any atom is -0.322 e. The van der Waals surface area contributed by atoms with Crippen LogP contribution in [0.25, 0.3) is 5.69 Å². The van der Waals surface area contributed by atoms with E-state index in [0.717, 1.165) is 11.4 Å². The van der Waals surface area contributed by atoms with Gasteiger partial charge in [-0.05, 0) is 61.7 Å². The fourth-order valence-electron chi connectivity index (χ4n) is 2.37. The Kier molecular flexibility index (Phi) is 3.62. The first kappa shape index (κ1) is 13.6. The Hall–Kier alpha value is -2.33. The number of carbonyl (C=O) groups excluding carboxylic acids is 1. The van der Waals surface area contributed by atoms with E-state index in [1.54, 1.807) is 0 Å². The van der Waals surface area contributed by atoms with Crippen molar-refractivity contribution in [2.24, 2.45) is 0 Å². The Morgan fingerprint density at radius 3 is 2.24 bits per heavy atom. The van der Waals surface area contributed by atoms with Gasteiger partial charge in [0.25, 0.3) is 5.91 Å². The Morgan fingerprint density at radius 1 is 1.00 bits per heavy atom. The lowest BCUT2D eigenvalue weighted by Gasteiger charge is -2.10. The van der Waals surface area contributed by atoms with Gasteiger partial charge in [-0.1, -0.05) is 0 Å². The van der Waals surface area contributed by atoms with Gasteiger partial charge in [-0.25, -0.2) is 0 Å². The molecule has 0 saturated carbocycles. The Balaban J connectivity index is 1.80. The van der Waals surface area contributed by atoms with Gasteiger partial charge in [0.2, 0.25) is 0 Å². The molecule has 0 spiro atoms. The summed E-state index contributed by atoms with van der Waals surface area (Å²) in [5.74, 6) is -0.0719. The third-order valence-corrected chi connectivity index (χ3v) is 4.12. The molecule has 4 heteroatoms. The third-order valence-electron chi connectivity index (χ3n) is 3.44. The van der Waals surface area contributed by atoms with E-state index in [4.69, 9.17) is 0 Å². The number of hydrogen-bond acceptors (Lipinski definition) is 2. The average molecular weight is 296 g/mol. The van der Waals surface area contributed by atoms with Crippen molar-refractivity contribution in [3.8, 4) is 5.69 Å². The fraction of sp³-hybridized carbons (Fsp3) is 0.118. The monoisotopic (exact) mass is 296 g/mol. The SMILES string of the molecule is Cc1ccc(C)n1-c1ccc(NC(=O)c2ccsc2)cc1. The maximum atomic E-state index is 12.0. The van der Waals surface area contributed by atoms with E-state index in [9.17, 15) is 4.79 Å². The molecular formula is C17H16N2OS. The fourth-order valence-corrected chi connectivity index (χ4v) is 3.00. The van der Waals surface area contributed by atoms with E-state index in [2.05, 4.69) is 35.9 Å². The topological polar surface area (TPSA) is 34.0 Å². The van der Waals surface area contributed by atoms with Crippen LogP contribution in [0, 0.1) is 13.8 Å². The van der Waals surface area contributed by atoms with Gasteiger partial charge in [0, 0.05) is 28.1 Å². The molecule has 0 atom stereocenters. The number of rotatable bonds is 3. The zero-order valence-corrected chi connectivity index (χ0v) is 12.8. The smallest absolute Gasteiger partial charge is 0.256 e. The van der Waals surface area contributed by atoms with Gasteiger partial charge in [0.1, 0.15) is 0 Å². The van der Waals surface area contributed by atoms with Crippen LogP contribution in [-0.2, 0) is 0 Å². The van der Waals surface area contributed by atoms with Crippen molar-refractivity contribution in [2.75, 3.05) is 5.32 Å². The number of nitrogens with zero attached hydrogens (tertiary/aromatic N) is 1. The molecule has 0 radical (unpaired) electrons. The predicted octanol–water partition coefficient (Wildman–Crippen LogP) is 4.41. The maximum Gasteiger partial charge on any atom is 0.256 e. The van der Waals surface area contributed by atoms with Gasteiger partial charge in [-0.15, -0.1) is 0 Å². The van der Waals surface area contributed by atoms with Gasteiger partial charge in [0.15, 0.2) is 0 Å². The summed E-state index contributed by atoms with van der Waals surface area (Å²) in [5, 5.41) is 6.65. The summed E-state index contributed by atoms with van der Waals surface area (Å²) in [6.07, 6.45) is 0. The lowest BCUT2D eigenvalue weighted by Crippen LogP contribution is -2.10. The van der Waals surface area contributed by atoms with Crippen LogP contribution in [0.5, 0.6) is 0 Å². The molecule has 2 aromatic heterocycles. The highest BCUT2D eigenvalue weighted by atomic mass is 32.1. The Morgan fingerprint density at radius 2 is 1.67 bits per heavy atom. The lowest BCUT2D eigenvalue weighted by atomic mass is 10.2. The molecule has 106 valence electrons. The van der Waals surface area contributed by atoms with Crippen molar-refractivity contribution in [1.29, 1.82) is 0 Å². The molecule has 0 aliphatic rings. The molecule has 0 aliphatic carbocycles. The van der Waals surface area contributed by atoms with Crippen LogP contribution in [0.2, 0.25) is 0 Å². The second kappa shape index (κ2) is 5.58. The highest BCUT2D eigenvalue weighted by molar-refractivity contribution is 7.08. The Bertz CT molecular complexity index is 735. The van der Waals surface area contributed by atoms with E-state index < -0.39 is 0 Å². The van der Waals surface area contributed by atoms with Crippen LogP contribution in [0.1, 0.15) is 21.7 Å². The zero-order valence-electron chi connectivity index (χ0n) is 12.0. The van der Waals surface area contributed by atoms with E-state index in [-0.39, 0.29) is 5.91 Å². The van der Waals surface area contributed by atoms with Gasteiger partial charge >= 0.3 is 0 Å². The molecule has 0 fully saturated rings. The van der Waals surface area contributed by atoms with E-state index in [0.29, 0.717) is 5.56 Å². The van der Waals surface area contributed by atoms with Gasteiger partial charge in [0.05, 0.1) is 5.56 Å². The standard InChI is InChI=1S/C17H16N2OS/c1-12-3-4-13(2)19(12)16-7-5-15(6-8-16)18-17(20)14-9-10-21-11-14/h3-11H,1-2H3,(H,18,20). The largest absolute Gasteiger partial charge is 0.322 e. The molecule has 3 rings (SSSR count). The first-order valence-corrected chi connectivity index (χ1v) is 7.68. The summed E-state index contributed by atoms with van der Waals surface area (Å²) in [4.78, 5) is 12.0. The number of aromatic nitrogens is 1. The van der Waals surface area contributed by atoms with E-state index in [1.807, 2.05) is 41.1 Å². The second-order valence-corrected chi connectivity index (χ2v) is 5.74. The summed E-state index contributed by atoms with van der Waals surface area (Å²) in [6, 6.07) is 13.9. The Labute approximate surface area is 127 Å². The molecule has 1 N–H and O–H groups in total. The maximum absolute atomic E-state index is 12.0. The van der Waals surface area contributed by atoms with Crippen molar-refractivity contribution in [2.45, 2.75) is 13.8 Å². The number of amides is 1. The molecule has 0 aliphatic heterocycles. The molecule has 0 saturated heterocycles. The van der Waals surface area contributed by atoms with Gasteiger partial charge in [-0.2, -0.15) is 11.3 Å². The summed E-state index contributed by atoms with van der Waals surface area (Å²) < 4.78 is 2.18. The summed E-state index contributed by atoms with van der Waals surface area (Å²) in [5.41, 5.74) is 4.99. The average Bonchev–Trinajstić information content (AvgIpc) is 3.11. The first-order chi connectivity index (χ1) is 10.1. The summed E-state index contributed by atoms with van der Waals surface area (Å²) in [6.45, 7) is 4.17. The minimum absolute atomic E-state index is 0.0719. The first-order valence-electron chi connectivity index (χ1n) is 6.74. The van der Waals surface area contributed by atoms with Crippen LogP contribution < -0.4 is 5.32 Å². The number of thiophene rings is 1. The van der Waals surface area contributed by atoms with Crippen LogP contribution in [-0.4, -0.2) is 10.5 Å². The van der Waals surface area contributed by atoms with E-state index in [1.165, 1.54) is 22.7 Å². The van der Waals surface area contributed by atoms with Crippen molar-refractivity contribution < 1.29 is 4.79 Å². The highest BCUT2D eigenvalue weighted by Crippen LogP contribution is 2.19. The summed E-state index contributed by atoms with van der Waals surface area (Å²) in [7, 11) is 0. The number of benzene rings is 1. The van der Waals surface area contributed by atoms with Crippen LogP contribution in [0.4, 0.5) is 5.69 Å². The quantitative estimate of drug-likeness (QED) is 0.763. The van der Waals surface area contributed by atoms with Crippen molar-refractivity contribution in [3.05, 3.63) is 70.2 Å². The summed E-state index contributed by atoms with van der Waals surface area (Å²) >= 11 is 1.52. The van der Waals surface area contributed by atoms with Crippen LogP contribution >= 0.6 is 11.3 Å². The van der Waals surface area contributed by atoms with Crippen molar-refractivity contribution >= 4 is 22.9 Å². The number of aryl methyl sites for hydroxylation is 2. The minimum atomic E-state index is -0.0719. The van der Waals surface area contributed by atoms with Gasteiger partial charge in [-0.3, -0.25) is 4.79 Å². The molecule has 2 heterocycles. The normalized spacial score (nSPS) is 10.6. The number of anilines is 1. The molecule has 0 bridgehead atoms. The molecule has 0 unspecified atom stereocenters. The molecule has 3 aromatic rings.